The van der Waals surface area contributed by atoms with Crippen molar-refractivity contribution in [3.05, 3.63) is 40.4 Å². The van der Waals surface area contributed by atoms with Crippen LogP contribution in [0.25, 0.3) is 0 Å². The number of fused-ring (bicyclic) bond motifs is 2. The Hall–Kier alpha value is -2.74. The van der Waals surface area contributed by atoms with Crippen LogP contribution in [0.2, 0.25) is 0 Å². The van der Waals surface area contributed by atoms with Crippen LogP contribution in [0.3, 0.4) is 0 Å². The zero-order valence-electron chi connectivity index (χ0n) is 14.0. The monoisotopic (exact) mass is 417 g/mol. The van der Waals surface area contributed by atoms with Crippen LogP contribution in [-0.2, 0) is 11.2 Å². The third kappa shape index (κ3) is 3.08. The number of halogens is 1. The van der Waals surface area contributed by atoms with Gasteiger partial charge in [-0.3, -0.25) is 4.79 Å². The quantitative estimate of drug-likeness (QED) is 0.779. The Kier molecular flexibility index (Phi) is 4.20. The van der Waals surface area contributed by atoms with E-state index in [1.54, 1.807) is 29.2 Å². The number of ether oxygens (including phenoxy) is 2. The molecule has 0 fully saturated rings. The van der Waals surface area contributed by atoms with Gasteiger partial charge in [-0.05, 0) is 36.2 Å². The molecule has 3 amide bonds. The number of carbonyl (C=O) groups excluding carboxylic acids is 2. The summed E-state index contributed by atoms with van der Waals surface area (Å²) in [6.07, 6.45) is 0.757. The highest BCUT2D eigenvalue weighted by Crippen LogP contribution is 2.39. The normalized spacial score (nSPS) is 14.2. The number of carbonyl (C=O) groups is 2. The molecule has 0 unspecified atom stereocenters. The van der Waals surface area contributed by atoms with Gasteiger partial charge >= 0.3 is 6.03 Å². The lowest BCUT2D eigenvalue weighted by atomic mass is 10.1. The van der Waals surface area contributed by atoms with Crippen LogP contribution in [0, 0.1) is 0 Å². The highest BCUT2D eigenvalue weighted by atomic mass is 79.9. The summed E-state index contributed by atoms with van der Waals surface area (Å²) in [7, 11) is 0. The zero-order chi connectivity index (χ0) is 18.3. The van der Waals surface area contributed by atoms with E-state index in [0.29, 0.717) is 29.4 Å². The number of benzene rings is 2. The smallest absolute Gasteiger partial charge is 0.323 e. The summed E-state index contributed by atoms with van der Waals surface area (Å²) in [4.78, 5) is 26.0. The lowest BCUT2D eigenvalue weighted by Gasteiger charge is -2.19. The molecule has 2 N–H and O–H groups in total. The molecular formula is C18H16BrN3O4. The van der Waals surface area contributed by atoms with Crippen molar-refractivity contribution in [2.75, 3.05) is 28.9 Å². The molecule has 2 aliphatic heterocycles. The SMILES string of the molecule is CC(=O)N1CCc2cc(Br)cc(NC(=O)Nc3ccc4c(c3)OCO4)c21. The van der Waals surface area contributed by atoms with Gasteiger partial charge in [0.25, 0.3) is 0 Å². The minimum atomic E-state index is -0.403. The number of amides is 3. The van der Waals surface area contributed by atoms with Gasteiger partial charge in [0.1, 0.15) is 0 Å². The number of urea groups is 1. The summed E-state index contributed by atoms with van der Waals surface area (Å²) < 4.78 is 11.4. The molecule has 2 aliphatic rings. The minimum absolute atomic E-state index is 0.0506. The van der Waals surface area contributed by atoms with Crippen molar-refractivity contribution in [3.8, 4) is 11.5 Å². The maximum atomic E-state index is 12.5. The second-order valence-corrected chi connectivity index (χ2v) is 6.94. The fourth-order valence-corrected chi connectivity index (χ4v) is 3.68. The fourth-order valence-electron chi connectivity index (χ4n) is 3.18. The Bertz CT molecular complexity index is 916. The predicted molar refractivity (Wildman–Crippen MR) is 101 cm³/mol. The van der Waals surface area contributed by atoms with E-state index in [-0.39, 0.29) is 12.7 Å². The van der Waals surface area contributed by atoms with Crippen molar-refractivity contribution >= 4 is 44.9 Å². The maximum Gasteiger partial charge on any atom is 0.323 e. The standard InChI is InChI=1S/C18H16BrN3O4/c1-10(23)22-5-4-11-6-12(19)7-14(17(11)22)21-18(24)20-13-2-3-15-16(8-13)26-9-25-15/h2-3,6-8H,4-5,9H2,1H3,(H2,20,21,24). The van der Waals surface area contributed by atoms with Crippen molar-refractivity contribution in [1.82, 2.24) is 0 Å². The molecule has 134 valence electrons. The molecule has 2 heterocycles. The second-order valence-electron chi connectivity index (χ2n) is 6.03. The summed E-state index contributed by atoms with van der Waals surface area (Å²) >= 11 is 3.46. The average molecular weight is 418 g/mol. The van der Waals surface area contributed by atoms with Gasteiger partial charge in [0, 0.05) is 29.7 Å². The van der Waals surface area contributed by atoms with Gasteiger partial charge in [0.05, 0.1) is 11.4 Å². The molecule has 0 radical (unpaired) electrons. The first-order chi connectivity index (χ1) is 12.5. The lowest BCUT2D eigenvalue weighted by Crippen LogP contribution is -2.28. The van der Waals surface area contributed by atoms with Crippen molar-refractivity contribution in [3.63, 3.8) is 0 Å². The molecule has 8 heteroatoms. The van der Waals surface area contributed by atoms with E-state index >= 15 is 0 Å². The van der Waals surface area contributed by atoms with Gasteiger partial charge < -0.3 is 25.0 Å². The highest BCUT2D eigenvalue weighted by molar-refractivity contribution is 9.10. The molecule has 0 saturated carbocycles. The first-order valence-corrected chi connectivity index (χ1v) is 8.89. The molecule has 0 spiro atoms. The van der Waals surface area contributed by atoms with E-state index < -0.39 is 6.03 Å². The van der Waals surface area contributed by atoms with Gasteiger partial charge in [-0.15, -0.1) is 0 Å². The molecule has 0 aromatic heterocycles. The van der Waals surface area contributed by atoms with Gasteiger partial charge in [-0.25, -0.2) is 4.79 Å². The van der Waals surface area contributed by atoms with Gasteiger partial charge in [0.2, 0.25) is 12.7 Å². The molecule has 2 aromatic carbocycles. The Morgan fingerprint density at radius 3 is 2.73 bits per heavy atom. The van der Waals surface area contributed by atoms with E-state index in [2.05, 4.69) is 26.6 Å². The van der Waals surface area contributed by atoms with Crippen LogP contribution in [0.1, 0.15) is 12.5 Å². The van der Waals surface area contributed by atoms with E-state index in [4.69, 9.17) is 9.47 Å². The minimum Gasteiger partial charge on any atom is -0.454 e. The van der Waals surface area contributed by atoms with Crippen LogP contribution in [0.15, 0.2) is 34.8 Å². The molecular weight excluding hydrogens is 402 g/mol. The molecule has 2 aromatic rings. The van der Waals surface area contributed by atoms with Crippen LogP contribution in [0.4, 0.5) is 21.9 Å². The van der Waals surface area contributed by atoms with Gasteiger partial charge in [-0.1, -0.05) is 15.9 Å². The fraction of sp³-hybridized carbons (Fsp3) is 0.222. The highest BCUT2D eigenvalue weighted by Gasteiger charge is 2.26. The number of nitrogens with one attached hydrogen (secondary N) is 2. The summed E-state index contributed by atoms with van der Waals surface area (Å²) in [6.45, 7) is 2.31. The molecule has 0 aliphatic carbocycles. The Morgan fingerprint density at radius 2 is 1.92 bits per heavy atom. The van der Waals surface area contributed by atoms with E-state index in [1.807, 2.05) is 6.07 Å². The number of anilines is 3. The second kappa shape index (κ2) is 6.53. The number of rotatable bonds is 2. The summed E-state index contributed by atoms with van der Waals surface area (Å²) in [5, 5.41) is 5.61. The Balaban J connectivity index is 1.56. The van der Waals surface area contributed by atoms with Crippen LogP contribution < -0.4 is 25.0 Å². The van der Waals surface area contributed by atoms with Crippen molar-refractivity contribution in [2.24, 2.45) is 0 Å². The van der Waals surface area contributed by atoms with Crippen LogP contribution >= 0.6 is 15.9 Å². The third-order valence-electron chi connectivity index (χ3n) is 4.29. The maximum absolute atomic E-state index is 12.5. The topological polar surface area (TPSA) is 79.9 Å². The molecule has 0 atom stereocenters. The number of hydrogen-bond donors (Lipinski definition) is 2. The zero-order valence-corrected chi connectivity index (χ0v) is 15.6. The third-order valence-corrected chi connectivity index (χ3v) is 4.74. The molecule has 26 heavy (non-hydrogen) atoms. The molecule has 0 bridgehead atoms. The molecule has 0 saturated heterocycles. The summed E-state index contributed by atoms with van der Waals surface area (Å²) in [5.41, 5.74) is 2.94. The number of hydrogen-bond acceptors (Lipinski definition) is 4. The first kappa shape index (κ1) is 16.7. The molecule has 7 nitrogen and oxygen atoms in total. The largest absolute Gasteiger partial charge is 0.454 e. The Morgan fingerprint density at radius 1 is 1.12 bits per heavy atom. The van der Waals surface area contributed by atoms with Crippen LogP contribution in [0.5, 0.6) is 11.5 Å². The van der Waals surface area contributed by atoms with E-state index in [0.717, 1.165) is 22.1 Å². The molecule has 4 rings (SSSR count). The number of nitrogens with zero attached hydrogens (tertiary/aromatic N) is 1. The van der Waals surface area contributed by atoms with Gasteiger partial charge in [-0.2, -0.15) is 0 Å². The summed E-state index contributed by atoms with van der Waals surface area (Å²) in [5.74, 6) is 1.19. The lowest BCUT2D eigenvalue weighted by molar-refractivity contribution is -0.116. The Labute approximate surface area is 158 Å². The summed E-state index contributed by atoms with van der Waals surface area (Å²) in [6, 6.07) is 8.54. The van der Waals surface area contributed by atoms with E-state index in [1.165, 1.54) is 6.92 Å². The average Bonchev–Trinajstić information content (AvgIpc) is 3.20. The van der Waals surface area contributed by atoms with Gasteiger partial charge in [0.15, 0.2) is 11.5 Å². The van der Waals surface area contributed by atoms with Crippen molar-refractivity contribution < 1.29 is 19.1 Å². The first-order valence-electron chi connectivity index (χ1n) is 8.09. The van der Waals surface area contributed by atoms with Crippen molar-refractivity contribution in [1.29, 1.82) is 0 Å². The van der Waals surface area contributed by atoms with Crippen molar-refractivity contribution in [2.45, 2.75) is 13.3 Å². The van der Waals surface area contributed by atoms with Crippen LogP contribution in [-0.4, -0.2) is 25.3 Å². The van der Waals surface area contributed by atoms with E-state index in [9.17, 15) is 9.59 Å². The predicted octanol–water partition coefficient (Wildman–Crippen LogP) is 3.73.